The lowest BCUT2D eigenvalue weighted by Gasteiger charge is -2.36. The highest BCUT2D eigenvalue weighted by Gasteiger charge is 2.37. The summed E-state index contributed by atoms with van der Waals surface area (Å²) in [6.45, 7) is 11.9. The molecular formula is C27H32N8OSi. The van der Waals surface area contributed by atoms with Crippen molar-refractivity contribution in [3.8, 4) is 28.6 Å². The quantitative estimate of drug-likeness (QED) is 0.304. The van der Waals surface area contributed by atoms with Crippen molar-refractivity contribution in [2.75, 3.05) is 5.73 Å². The average molecular weight is 513 g/mol. The molecule has 0 atom stereocenters. The number of nitrogen functional groups attached to an aromatic ring is 1. The van der Waals surface area contributed by atoms with Crippen LogP contribution in [0.25, 0.3) is 39.8 Å². The maximum atomic E-state index is 6.43. The summed E-state index contributed by atoms with van der Waals surface area (Å²) in [5, 5.41) is 8.38. The number of anilines is 1. The minimum atomic E-state index is -1.85. The number of rotatable bonds is 6. The van der Waals surface area contributed by atoms with E-state index in [9.17, 15) is 0 Å². The summed E-state index contributed by atoms with van der Waals surface area (Å²) in [7, 11) is 0.0472. The first-order chi connectivity index (χ1) is 17.5. The Morgan fingerprint density at radius 1 is 0.973 bits per heavy atom. The standard InChI is InChI=1S/C27H32N8OSi/c1-27(2,3)37(5,6)36-16-18-9-11-19(12-10-18)35-24(20-8-7-15-29-23(20)28)31-21-13-14-22(32-25(21)35)26-33-30-17-34(26)4/h7-15,17H,16H2,1-6H3,(H2,28,29). The molecule has 4 aromatic heterocycles. The van der Waals surface area contributed by atoms with Crippen LogP contribution in [0.3, 0.4) is 0 Å². The molecule has 0 amide bonds. The third-order valence-corrected chi connectivity index (χ3v) is 11.6. The van der Waals surface area contributed by atoms with Crippen molar-refractivity contribution >= 4 is 25.3 Å². The molecule has 9 nitrogen and oxygen atoms in total. The number of aromatic nitrogens is 7. The van der Waals surface area contributed by atoms with Crippen LogP contribution in [0.15, 0.2) is 61.1 Å². The van der Waals surface area contributed by atoms with Gasteiger partial charge in [-0.15, -0.1) is 10.2 Å². The van der Waals surface area contributed by atoms with Crippen LogP contribution in [-0.4, -0.2) is 42.6 Å². The highest BCUT2D eigenvalue weighted by atomic mass is 28.4. The van der Waals surface area contributed by atoms with E-state index >= 15 is 0 Å². The van der Waals surface area contributed by atoms with Gasteiger partial charge in [0.15, 0.2) is 25.6 Å². The number of hydrogen-bond acceptors (Lipinski definition) is 7. The molecule has 5 rings (SSSR count). The van der Waals surface area contributed by atoms with Gasteiger partial charge in [-0.1, -0.05) is 32.9 Å². The van der Waals surface area contributed by atoms with Gasteiger partial charge in [0.25, 0.3) is 0 Å². The monoisotopic (exact) mass is 512 g/mol. The first kappa shape index (κ1) is 24.8. The van der Waals surface area contributed by atoms with Crippen LogP contribution in [-0.2, 0) is 18.1 Å². The Hall–Kier alpha value is -3.89. The number of nitrogens with zero attached hydrogens (tertiary/aromatic N) is 7. The molecule has 0 spiro atoms. The zero-order valence-electron chi connectivity index (χ0n) is 22.1. The van der Waals surface area contributed by atoms with Crippen LogP contribution >= 0.6 is 0 Å². The second-order valence-electron chi connectivity index (χ2n) is 10.7. The summed E-state index contributed by atoms with van der Waals surface area (Å²) in [6, 6.07) is 16.0. The van der Waals surface area contributed by atoms with Crippen molar-refractivity contribution in [1.29, 1.82) is 0 Å². The van der Waals surface area contributed by atoms with Crippen LogP contribution < -0.4 is 5.73 Å². The van der Waals surface area contributed by atoms with Gasteiger partial charge in [-0.3, -0.25) is 4.57 Å². The zero-order valence-corrected chi connectivity index (χ0v) is 23.1. The Bertz CT molecular complexity index is 1560. The van der Waals surface area contributed by atoms with Gasteiger partial charge in [-0.25, -0.2) is 15.0 Å². The van der Waals surface area contributed by atoms with Crippen molar-refractivity contribution in [2.24, 2.45) is 7.05 Å². The minimum Gasteiger partial charge on any atom is -0.413 e. The maximum absolute atomic E-state index is 6.43. The number of hydrogen-bond donors (Lipinski definition) is 1. The first-order valence-electron chi connectivity index (χ1n) is 12.2. The summed E-state index contributed by atoms with van der Waals surface area (Å²) in [5.41, 5.74) is 11.2. The van der Waals surface area contributed by atoms with E-state index in [1.54, 1.807) is 12.5 Å². The number of imidazole rings is 1. The molecule has 0 saturated heterocycles. The molecule has 0 radical (unpaired) electrons. The zero-order chi connectivity index (χ0) is 26.4. The van der Waals surface area contributed by atoms with Crippen molar-refractivity contribution in [1.82, 2.24) is 34.3 Å². The molecular weight excluding hydrogens is 480 g/mol. The summed E-state index contributed by atoms with van der Waals surface area (Å²) >= 11 is 0. The average Bonchev–Trinajstić information content (AvgIpc) is 3.45. The Morgan fingerprint density at radius 3 is 2.38 bits per heavy atom. The fourth-order valence-electron chi connectivity index (χ4n) is 3.85. The molecule has 1 aromatic carbocycles. The van der Waals surface area contributed by atoms with Gasteiger partial charge in [0.1, 0.15) is 23.4 Å². The number of aryl methyl sites for hydroxylation is 1. The highest BCUT2D eigenvalue weighted by Crippen LogP contribution is 2.37. The molecule has 2 N–H and O–H groups in total. The topological polar surface area (TPSA) is 110 Å². The molecule has 0 aliphatic carbocycles. The molecule has 190 valence electrons. The molecule has 0 saturated carbocycles. The molecule has 4 heterocycles. The predicted octanol–water partition coefficient (Wildman–Crippen LogP) is 5.38. The van der Waals surface area contributed by atoms with Crippen LogP contribution in [0.1, 0.15) is 26.3 Å². The van der Waals surface area contributed by atoms with Gasteiger partial charge in [-0.05, 0) is 60.1 Å². The molecule has 37 heavy (non-hydrogen) atoms. The third-order valence-electron chi connectivity index (χ3n) is 7.12. The van der Waals surface area contributed by atoms with E-state index in [1.165, 1.54) is 0 Å². The molecule has 0 fully saturated rings. The van der Waals surface area contributed by atoms with E-state index in [1.807, 2.05) is 40.4 Å². The van der Waals surface area contributed by atoms with Crippen molar-refractivity contribution < 1.29 is 4.43 Å². The van der Waals surface area contributed by atoms with Gasteiger partial charge in [0.05, 0.1) is 12.2 Å². The Labute approximate surface area is 217 Å². The molecule has 0 bridgehead atoms. The fourth-order valence-corrected chi connectivity index (χ4v) is 4.81. The second-order valence-corrected chi connectivity index (χ2v) is 15.5. The summed E-state index contributed by atoms with van der Waals surface area (Å²) in [5.74, 6) is 1.76. The molecule has 0 aliphatic heterocycles. The SMILES string of the molecule is Cn1cnnc1-c1ccc2nc(-c3cccnc3N)n(-c3ccc(CO[Si](C)(C)C(C)(C)C)cc3)c2n1. The molecule has 10 heteroatoms. The summed E-state index contributed by atoms with van der Waals surface area (Å²) < 4.78 is 10.3. The van der Waals surface area contributed by atoms with E-state index < -0.39 is 8.32 Å². The van der Waals surface area contributed by atoms with Crippen molar-refractivity contribution in [3.63, 3.8) is 0 Å². The largest absolute Gasteiger partial charge is 0.413 e. The van der Waals surface area contributed by atoms with Gasteiger partial charge < -0.3 is 14.7 Å². The minimum absolute atomic E-state index is 0.160. The highest BCUT2D eigenvalue weighted by molar-refractivity contribution is 6.74. The van der Waals surface area contributed by atoms with Gasteiger partial charge in [0, 0.05) is 18.9 Å². The van der Waals surface area contributed by atoms with E-state index in [-0.39, 0.29) is 5.04 Å². The Morgan fingerprint density at radius 2 is 1.73 bits per heavy atom. The van der Waals surface area contributed by atoms with E-state index in [2.05, 4.69) is 73.3 Å². The van der Waals surface area contributed by atoms with Gasteiger partial charge in [0.2, 0.25) is 0 Å². The number of fused-ring (bicyclic) bond motifs is 1. The van der Waals surface area contributed by atoms with Gasteiger partial charge >= 0.3 is 0 Å². The molecule has 0 aliphatic rings. The lowest BCUT2D eigenvalue weighted by molar-refractivity contribution is 0.276. The van der Waals surface area contributed by atoms with Crippen LogP contribution in [0.4, 0.5) is 5.82 Å². The van der Waals surface area contributed by atoms with Crippen molar-refractivity contribution in [3.05, 3.63) is 66.6 Å². The Balaban J connectivity index is 1.60. The second kappa shape index (κ2) is 9.20. The predicted molar refractivity (Wildman–Crippen MR) is 148 cm³/mol. The van der Waals surface area contributed by atoms with E-state index in [4.69, 9.17) is 20.1 Å². The fraction of sp³-hybridized carbons (Fsp3) is 0.296. The lowest BCUT2D eigenvalue weighted by Crippen LogP contribution is -2.40. The number of pyridine rings is 2. The molecule has 5 aromatic rings. The first-order valence-corrected chi connectivity index (χ1v) is 15.1. The van der Waals surface area contributed by atoms with Crippen molar-refractivity contribution in [2.45, 2.75) is 45.5 Å². The van der Waals surface area contributed by atoms with E-state index in [0.29, 0.717) is 35.4 Å². The number of nitrogens with two attached hydrogens (primary N) is 1. The lowest BCUT2D eigenvalue weighted by atomic mass is 10.2. The van der Waals surface area contributed by atoms with Crippen LogP contribution in [0.5, 0.6) is 0 Å². The van der Waals surface area contributed by atoms with Crippen LogP contribution in [0.2, 0.25) is 18.1 Å². The third kappa shape index (κ3) is 4.65. The van der Waals surface area contributed by atoms with Gasteiger partial charge in [-0.2, -0.15) is 0 Å². The smallest absolute Gasteiger partial charge is 0.192 e. The van der Waals surface area contributed by atoms with E-state index in [0.717, 1.165) is 22.3 Å². The maximum Gasteiger partial charge on any atom is 0.192 e. The molecule has 0 unspecified atom stereocenters. The van der Waals surface area contributed by atoms with Crippen LogP contribution in [0, 0.1) is 0 Å². The number of benzene rings is 1. The summed E-state index contributed by atoms with van der Waals surface area (Å²) in [6.07, 6.45) is 3.33. The Kier molecular flexibility index (Phi) is 6.16. The summed E-state index contributed by atoms with van der Waals surface area (Å²) in [4.78, 5) is 14.1. The normalized spacial score (nSPS) is 12.4.